The van der Waals surface area contributed by atoms with Crippen molar-refractivity contribution in [3.63, 3.8) is 0 Å². The summed E-state index contributed by atoms with van der Waals surface area (Å²) in [5.41, 5.74) is 1.86. The lowest BCUT2D eigenvalue weighted by molar-refractivity contribution is -0.139. The minimum atomic E-state index is -0.284. The fourth-order valence-electron chi connectivity index (χ4n) is 1.87. The monoisotopic (exact) mass is 258 g/mol. The molecule has 5 heteroatoms. The van der Waals surface area contributed by atoms with Crippen LogP contribution in [-0.4, -0.2) is 28.9 Å². The fraction of sp³-hybridized carbons (Fsp3) is 0.214. The summed E-state index contributed by atoms with van der Waals surface area (Å²) in [5, 5.41) is 0. The van der Waals surface area contributed by atoms with E-state index in [0.29, 0.717) is 18.7 Å². The molecule has 5 nitrogen and oxygen atoms in total. The number of imidazole rings is 1. The average Bonchev–Trinajstić information content (AvgIpc) is 2.88. The van der Waals surface area contributed by atoms with E-state index in [9.17, 15) is 9.59 Å². The second kappa shape index (κ2) is 5.95. The van der Waals surface area contributed by atoms with Crippen LogP contribution in [0.15, 0.2) is 36.7 Å². The summed E-state index contributed by atoms with van der Waals surface area (Å²) < 4.78 is 6.41. The SMILES string of the molecule is COC(=O)Cc1ccccc1Cn1ccnc1C=O. The predicted octanol–water partition coefficient (Wildman–Crippen LogP) is 1.46. The normalized spacial score (nSPS) is 10.2. The number of esters is 1. The van der Waals surface area contributed by atoms with Gasteiger partial charge in [-0.25, -0.2) is 4.98 Å². The van der Waals surface area contributed by atoms with Crippen LogP contribution in [0.2, 0.25) is 0 Å². The number of benzene rings is 1. The summed E-state index contributed by atoms with van der Waals surface area (Å²) in [6.45, 7) is 0.501. The van der Waals surface area contributed by atoms with Gasteiger partial charge in [-0.3, -0.25) is 9.59 Å². The zero-order valence-electron chi connectivity index (χ0n) is 10.6. The molecular weight excluding hydrogens is 244 g/mol. The first-order valence-electron chi connectivity index (χ1n) is 5.84. The number of methoxy groups -OCH3 is 1. The van der Waals surface area contributed by atoms with E-state index in [-0.39, 0.29) is 12.4 Å². The molecule has 1 aromatic heterocycles. The maximum atomic E-state index is 11.4. The van der Waals surface area contributed by atoms with Gasteiger partial charge in [0.15, 0.2) is 12.1 Å². The van der Waals surface area contributed by atoms with Crippen LogP contribution in [0.5, 0.6) is 0 Å². The molecule has 0 saturated heterocycles. The lowest BCUT2D eigenvalue weighted by Crippen LogP contribution is -2.10. The molecule has 1 heterocycles. The van der Waals surface area contributed by atoms with Crippen LogP contribution in [0.4, 0.5) is 0 Å². The van der Waals surface area contributed by atoms with Crippen molar-refractivity contribution in [2.45, 2.75) is 13.0 Å². The third-order valence-electron chi connectivity index (χ3n) is 2.87. The number of ether oxygens (including phenoxy) is 1. The topological polar surface area (TPSA) is 61.2 Å². The molecule has 0 aliphatic carbocycles. The van der Waals surface area contributed by atoms with Crippen LogP contribution in [0.25, 0.3) is 0 Å². The van der Waals surface area contributed by atoms with E-state index in [2.05, 4.69) is 9.72 Å². The molecule has 0 atom stereocenters. The molecule has 0 aliphatic heterocycles. The minimum absolute atomic E-state index is 0.220. The number of hydrogen-bond acceptors (Lipinski definition) is 4. The van der Waals surface area contributed by atoms with Crippen LogP contribution in [0, 0.1) is 0 Å². The number of aromatic nitrogens is 2. The number of nitrogens with zero attached hydrogens (tertiary/aromatic N) is 2. The van der Waals surface area contributed by atoms with Crippen molar-refractivity contribution in [2.75, 3.05) is 7.11 Å². The summed E-state index contributed by atoms with van der Waals surface area (Å²) in [4.78, 5) is 26.1. The first-order valence-corrected chi connectivity index (χ1v) is 5.84. The van der Waals surface area contributed by atoms with Crippen molar-refractivity contribution in [1.82, 2.24) is 9.55 Å². The van der Waals surface area contributed by atoms with Crippen LogP contribution < -0.4 is 0 Å². The van der Waals surface area contributed by atoms with E-state index >= 15 is 0 Å². The summed E-state index contributed by atoms with van der Waals surface area (Å²) in [6.07, 6.45) is 4.24. The van der Waals surface area contributed by atoms with Gasteiger partial charge in [0.05, 0.1) is 13.5 Å². The van der Waals surface area contributed by atoms with E-state index in [4.69, 9.17) is 0 Å². The Labute approximate surface area is 110 Å². The quantitative estimate of drug-likeness (QED) is 0.601. The van der Waals surface area contributed by atoms with E-state index < -0.39 is 0 Å². The number of rotatable bonds is 5. The van der Waals surface area contributed by atoms with Gasteiger partial charge in [-0.15, -0.1) is 0 Å². The van der Waals surface area contributed by atoms with Crippen LogP contribution in [-0.2, 0) is 22.5 Å². The second-order valence-corrected chi connectivity index (χ2v) is 4.05. The highest BCUT2D eigenvalue weighted by Crippen LogP contribution is 2.12. The Balaban J connectivity index is 2.25. The third-order valence-corrected chi connectivity index (χ3v) is 2.87. The molecule has 2 aromatic rings. The number of carbonyl (C=O) groups is 2. The Bertz CT molecular complexity index is 590. The molecule has 2 rings (SSSR count). The van der Waals surface area contributed by atoms with E-state index in [1.807, 2.05) is 24.3 Å². The fourth-order valence-corrected chi connectivity index (χ4v) is 1.87. The standard InChI is InChI=1S/C14H14N2O3/c1-19-14(18)8-11-4-2-3-5-12(11)9-16-7-6-15-13(16)10-17/h2-7,10H,8-9H2,1H3. The molecule has 0 radical (unpaired) electrons. The molecule has 0 saturated carbocycles. The molecule has 1 aromatic carbocycles. The van der Waals surface area contributed by atoms with Crippen molar-refractivity contribution in [1.29, 1.82) is 0 Å². The van der Waals surface area contributed by atoms with Crippen molar-refractivity contribution in [3.05, 3.63) is 53.6 Å². The Morgan fingerprint density at radius 2 is 2.11 bits per heavy atom. The van der Waals surface area contributed by atoms with Gasteiger partial charge >= 0.3 is 5.97 Å². The molecule has 98 valence electrons. The zero-order chi connectivity index (χ0) is 13.7. The van der Waals surface area contributed by atoms with Crippen molar-refractivity contribution in [3.8, 4) is 0 Å². The smallest absolute Gasteiger partial charge is 0.309 e. The van der Waals surface area contributed by atoms with E-state index in [1.165, 1.54) is 7.11 Å². The minimum Gasteiger partial charge on any atom is -0.469 e. The second-order valence-electron chi connectivity index (χ2n) is 4.05. The number of hydrogen-bond donors (Lipinski definition) is 0. The molecule has 0 N–H and O–H groups in total. The van der Waals surface area contributed by atoms with Gasteiger partial charge < -0.3 is 9.30 Å². The average molecular weight is 258 g/mol. The molecule has 0 aliphatic rings. The molecule has 19 heavy (non-hydrogen) atoms. The first-order chi connectivity index (χ1) is 9.24. The zero-order valence-corrected chi connectivity index (χ0v) is 10.6. The van der Waals surface area contributed by atoms with Gasteiger partial charge in [0, 0.05) is 18.9 Å². The molecular formula is C14H14N2O3. The van der Waals surface area contributed by atoms with Gasteiger partial charge in [0.2, 0.25) is 0 Å². The summed E-state index contributed by atoms with van der Waals surface area (Å²) in [5.74, 6) is 0.0848. The van der Waals surface area contributed by atoms with E-state index in [1.54, 1.807) is 17.0 Å². The summed E-state index contributed by atoms with van der Waals surface area (Å²) >= 11 is 0. The Kier molecular flexibility index (Phi) is 4.07. The predicted molar refractivity (Wildman–Crippen MR) is 68.9 cm³/mol. The van der Waals surface area contributed by atoms with Gasteiger partial charge in [0.1, 0.15) is 0 Å². The molecule has 0 amide bonds. The summed E-state index contributed by atoms with van der Waals surface area (Å²) in [6, 6.07) is 7.57. The third kappa shape index (κ3) is 3.07. The van der Waals surface area contributed by atoms with Crippen molar-refractivity contribution in [2.24, 2.45) is 0 Å². The van der Waals surface area contributed by atoms with Gasteiger partial charge in [-0.1, -0.05) is 24.3 Å². The molecule has 0 fully saturated rings. The highest BCUT2D eigenvalue weighted by molar-refractivity contribution is 5.73. The van der Waals surface area contributed by atoms with Crippen LogP contribution in [0.3, 0.4) is 0 Å². The van der Waals surface area contributed by atoms with Gasteiger partial charge in [-0.2, -0.15) is 0 Å². The Morgan fingerprint density at radius 3 is 2.79 bits per heavy atom. The molecule has 0 unspecified atom stereocenters. The van der Waals surface area contributed by atoms with Crippen LogP contribution in [0.1, 0.15) is 21.7 Å². The Hall–Kier alpha value is -2.43. The van der Waals surface area contributed by atoms with Crippen LogP contribution >= 0.6 is 0 Å². The maximum Gasteiger partial charge on any atom is 0.309 e. The maximum absolute atomic E-state index is 11.4. The lowest BCUT2D eigenvalue weighted by Gasteiger charge is -2.10. The Morgan fingerprint density at radius 1 is 1.37 bits per heavy atom. The van der Waals surface area contributed by atoms with E-state index in [0.717, 1.165) is 11.1 Å². The van der Waals surface area contributed by atoms with Crippen molar-refractivity contribution >= 4 is 12.3 Å². The number of aldehydes is 1. The first kappa shape index (κ1) is 13.0. The molecule has 0 spiro atoms. The highest BCUT2D eigenvalue weighted by Gasteiger charge is 2.09. The lowest BCUT2D eigenvalue weighted by atomic mass is 10.0. The van der Waals surface area contributed by atoms with Crippen molar-refractivity contribution < 1.29 is 14.3 Å². The largest absolute Gasteiger partial charge is 0.469 e. The number of carbonyl (C=O) groups excluding carboxylic acids is 2. The highest BCUT2D eigenvalue weighted by atomic mass is 16.5. The van der Waals surface area contributed by atoms with Gasteiger partial charge in [0.25, 0.3) is 0 Å². The molecule has 0 bridgehead atoms. The van der Waals surface area contributed by atoms with Gasteiger partial charge in [-0.05, 0) is 11.1 Å². The summed E-state index contributed by atoms with van der Waals surface area (Å²) in [7, 11) is 1.37.